The standard InChI is InChI=1S/C31H37NO6/c1-20-18-26(36-17-16-34-2)28-27-22(20)19-24-23-10-11-25(29(38-28)31(23,27)12-13-32-24)35-14-6-7-15-37-30(33)21-8-4-3-5-9-21/h3-5,8-11,18,23-25,29,32H,6-7,12-17,19H2,1-2H3/t23-,24+,25?,29?,31-/m0/s1. The molecule has 2 unspecified atom stereocenters. The molecule has 1 saturated heterocycles. The second-order valence-electron chi connectivity index (χ2n) is 10.8. The van der Waals surface area contributed by atoms with Gasteiger partial charge in [-0.1, -0.05) is 30.4 Å². The molecule has 38 heavy (non-hydrogen) atoms. The number of hydrogen-bond acceptors (Lipinski definition) is 7. The van der Waals surface area contributed by atoms with Crippen molar-refractivity contribution in [2.75, 3.05) is 40.1 Å². The van der Waals surface area contributed by atoms with Crippen LogP contribution in [0.25, 0.3) is 0 Å². The molecule has 1 N–H and O–H groups in total. The molecule has 2 aromatic carbocycles. The summed E-state index contributed by atoms with van der Waals surface area (Å²) in [6, 6.07) is 11.6. The van der Waals surface area contributed by atoms with Crippen LogP contribution in [0.15, 0.2) is 48.6 Å². The van der Waals surface area contributed by atoms with Crippen LogP contribution in [0, 0.1) is 12.8 Å². The van der Waals surface area contributed by atoms with E-state index in [9.17, 15) is 4.79 Å². The van der Waals surface area contributed by atoms with E-state index in [0.717, 1.165) is 43.7 Å². The van der Waals surface area contributed by atoms with Gasteiger partial charge in [0.05, 0.1) is 18.8 Å². The van der Waals surface area contributed by atoms with E-state index in [4.69, 9.17) is 23.7 Å². The first kappa shape index (κ1) is 25.4. The topological polar surface area (TPSA) is 75.2 Å². The van der Waals surface area contributed by atoms with Gasteiger partial charge in [0.1, 0.15) is 18.8 Å². The highest BCUT2D eigenvalue weighted by atomic mass is 16.6. The van der Waals surface area contributed by atoms with Gasteiger partial charge >= 0.3 is 5.97 Å². The van der Waals surface area contributed by atoms with Gasteiger partial charge in [0.2, 0.25) is 0 Å². The van der Waals surface area contributed by atoms with E-state index >= 15 is 0 Å². The van der Waals surface area contributed by atoms with Crippen LogP contribution in [0.1, 0.15) is 46.3 Å². The quantitative estimate of drug-likeness (QED) is 0.272. The van der Waals surface area contributed by atoms with E-state index in [1.807, 2.05) is 18.2 Å². The third kappa shape index (κ3) is 4.31. The van der Waals surface area contributed by atoms with E-state index in [1.54, 1.807) is 19.2 Å². The van der Waals surface area contributed by atoms with E-state index in [2.05, 4.69) is 30.5 Å². The highest BCUT2D eigenvalue weighted by Crippen LogP contribution is 2.62. The van der Waals surface area contributed by atoms with E-state index in [0.29, 0.717) is 44.0 Å². The number of carbonyl (C=O) groups excluding carboxylic acids is 1. The lowest BCUT2D eigenvalue weighted by Gasteiger charge is -2.54. The second-order valence-corrected chi connectivity index (χ2v) is 10.8. The van der Waals surface area contributed by atoms with Crippen molar-refractivity contribution in [2.24, 2.45) is 5.92 Å². The van der Waals surface area contributed by atoms with Crippen molar-refractivity contribution in [3.05, 3.63) is 70.8 Å². The lowest BCUT2D eigenvalue weighted by atomic mass is 9.53. The highest BCUT2D eigenvalue weighted by molar-refractivity contribution is 5.89. The van der Waals surface area contributed by atoms with Gasteiger partial charge in [0.15, 0.2) is 11.5 Å². The fraction of sp³-hybridized carbons (Fsp3) is 0.516. The average molecular weight is 520 g/mol. The maximum atomic E-state index is 12.2. The molecule has 0 radical (unpaired) electrons. The molecule has 7 heteroatoms. The number of aryl methyl sites for hydroxylation is 1. The zero-order chi connectivity index (χ0) is 26.1. The number of hydrogen-bond donors (Lipinski definition) is 1. The van der Waals surface area contributed by atoms with Gasteiger partial charge < -0.3 is 29.0 Å². The summed E-state index contributed by atoms with van der Waals surface area (Å²) in [5, 5.41) is 3.78. The summed E-state index contributed by atoms with van der Waals surface area (Å²) in [6.45, 7) is 5.15. The van der Waals surface area contributed by atoms with Crippen molar-refractivity contribution >= 4 is 5.97 Å². The Kier molecular flexibility index (Phi) is 7.16. The molecule has 1 spiro atoms. The molecule has 0 amide bonds. The number of methoxy groups -OCH3 is 1. The zero-order valence-corrected chi connectivity index (χ0v) is 22.2. The summed E-state index contributed by atoms with van der Waals surface area (Å²) < 4.78 is 30.1. The van der Waals surface area contributed by atoms with E-state index < -0.39 is 0 Å². The largest absolute Gasteiger partial charge is 0.487 e. The Balaban J connectivity index is 1.14. The van der Waals surface area contributed by atoms with Crippen LogP contribution < -0.4 is 14.8 Å². The van der Waals surface area contributed by atoms with Gasteiger partial charge in [0, 0.05) is 36.7 Å². The molecule has 2 aromatic rings. The molecule has 4 aliphatic rings. The maximum Gasteiger partial charge on any atom is 0.338 e. The van der Waals surface area contributed by atoms with Crippen LogP contribution >= 0.6 is 0 Å². The first-order valence-electron chi connectivity index (χ1n) is 13.8. The van der Waals surface area contributed by atoms with Crippen LogP contribution in [-0.4, -0.2) is 64.3 Å². The van der Waals surface area contributed by atoms with E-state index in [-0.39, 0.29) is 23.6 Å². The summed E-state index contributed by atoms with van der Waals surface area (Å²) in [5.41, 5.74) is 4.50. The van der Waals surface area contributed by atoms with Gasteiger partial charge in [-0.3, -0.25) is 0 Å². The Labute approximate surface area is 224 Å². The summed E-state index contributed by atoms with van der Waals surface area (Å²) >= 11 is 0. The molecule has 2 bridgehead atoms. The molecule has 202 valence electrons. The Morgan fingerprint density at radius 1 is 1.11 bits per heavy atom. The van der Waals surface area contributed by atoms with Gasteiger partial charge in [-0.05, 0) is 68.5 Å². The predicted octanol–water partition coefficient (Wildman–Crippen LogP) is 4.15. The highest BCUT2D eigenvalue weighted by Gasteiger charge is 2.64. The van der Waals surface area contributed by atoms with Gasteiger partial charge in [-0.25, -0.2) is 4.79 Å². The van der Waals surface area contributed by atoms with Crippen LogP contribution in [-0.2, 0) is 26.0 Å². The monoisotopic (exact) mass is 519 g/mol. The van der Waals surface area contributed by atoms with Crippen molar-refractivity contribution in [3.8, 4) is 11.5 Å². The van der Waals surface area contributed by atoms with Crippen molar-refractivity contribution in [1.82, 2.24) is 5.32 Å². The Morgan fingerprint density at radius 2 is 1.95 bits per heavy atom. The minimum absolute atomic E-state index is 0.0846. The SMILES string of the molecule is COCCOc1cc(C)c2c3c1OC1C(OCCCCOC(=O)c4ccccc4)C=C[C@H]4[C@@H](C2)NCC[C@]314. The lowest BCUT2D eigenvalue weighted by Crippen LogP contribution is -2.65. The average Bonchev–Trinajstić information content (AvgIpc) is 3.27. The van der Waals surface area contributed by atoms with Crippen molar-refractivity contribution in [1.29, 1.82) is 0 Å². The third-order valence-electron chi connectivity index (χ3n) is 8.63. The molecule has 0 aromatic heterocycles. The summed E-state index contributed by atoms with van der Waals surface area (Å²) in [5.74, 6) is 1.82. The first-order valence-corrected chi connectivity index (χ1v) is 13.8. The fourth-order valence-corrected chi connectivity index (χ4v) is 6.94. The minimum atomic E-state index is -0.281. The fourth-order valence-electron chi connectivity index (χ4n) is 6.94. The number of ether oxygens (including phenoxy) is 5. The smallest absolute Gasteiger partial charge is 0.338 e. The maximum absolute atomic E-state index is 12.2. The molecule has 2 aliphatic heterocycles. The first-order chi connectivity index (χ1) is 18.6. The summed E-state index contributed by atoms with van der Waals surface area (Å²) in [6.07, 6.45) is 7.93. The van der Waals surface area contributed by atoms with E-state index in [1.165, 1.54) is 16.7 Å². The number of esters is 1. The Bertz CT molecular complexity index is 1200. The molecule has 2 heterocycles. The van der Waals surface area contributed by atoms with Crippen LogP contribution in [0.5, 0.6) is 11.5 Å². The lowest BCUT2D eigenvalue weighted by molar-refractivity contribution is -0.0544. The molecule has 0 saturated carbocycles. The number of carbonyl (C=O) groups is 1. The summed E-state index contributed by atoms with van der Waals surface area (Å²) in [7, 11) is 1.69. The molecular formula is C31H37NO6. The molecule has 5 atom stereocenters. The third-order valence-corrected chi connectivity index (χ3v) is 8.63. The number of unbranched alkanes of at least 4 members (excludes halogenated alkanes) is 1. The summed E-state index contributed by atoms with van der Waals surface area (Å²) in [4.78, 5) is 12.2. The van der Waals surface area contributed by atoms with Crippen LogP contribution in [0.3, 0.4) is 0 Å². The Morgan fingerprint density at radius 3 is 2.79 bits per heavy atom. The van der Waals surface area contributed by atoms with Gasteiger partial charge in [0.25, 0.3) is 0 Å². The number of benzene rings is 2. The van der Waals surface area contributed by atoms with Crippen LogP contribution in [0.2, 0.25) is 0 Å². The number of piperidine rings is 1. The van der Waals surface area contributed by atoms with Crippen LogP contribution in [0.4, 0.5) is 0 Å². The van der Waals surface area contributed by atoms with Crippen molar-refractivity contribution in [3.63, 3.8) is 0 Å². The second kappa shape index (κ2) is 10.7. The predicted molar refractivity (Wildman–Crippen MR) is 143 cm³/mol. The van der Waals surface area contributed by atoms with Crippen molar-refractivity contribution < 1.29 is 28.5 Å². The molecule has 2 aliphatic carbocycles. The normalized spacial score (nSPS) is 27.9. The Hall–Kier alpha value is -2.87. The molecule has 1 fully saturated rings. The minimum Gasteiger partial charge on any atom is -0.487 e. The van der Waals surface area contributed by atoms with Gasteiger partial charge in [-0.15, -0.1) is 0 Å². The molecule has 6 rings (SSSR count). The van der Waals surface area contributed by atoms with Gasteiger partial charge in [-0.2, -0.15) is 0 Å². The number of rotatable bonds is 11. The number of nitrogens with one attached hydrogen (secondary N) is 1. The molecular weight excluding hydrogens is 482 g/mol. The zero-order valence-electron chi connectivity index (χ0n) is 22.2. The van der Waals surface area contributed by atoms with Crippen molar-refractivity contribution in [2.45, 2.75) is 56.3 Å². The molecule has 7 nitrogen and oxygen atoms in total.